The van der Waals surface area contributed by atoms with E-state index in [4.69, 9.17) is 28.0 Å². The van der Waals surface area contributed by atoms with Crippen LogP contribution in [0.5, 0.6) is 0 Å². The summed E-state index contributed by atoms with van der Waals surface area (Å²) in [5.74, 6) is -5.45. The number of aliphatic imine (C=N–C) groups is 1. The van der Waals surface area contributed by atoms with Crippen LogP contribution >= 0.6 is 0 Å². The van der Waals surface area contributed by atoms with Crippen molar-refractivity contribution in [2.45, 2.75) is 57.3 Å². The van der Waals surface area contributed by atoms with Crippen LogP contribution in [0, 0.1) is 5.92 Å². The summed E-state index contributed by atoms with van der Waals surface area (Å²) < 4.78 is 0. The quantitative estimate of drug-likeness (QED) is 0.0622. The molecule has 0 aliphatic carbocycles. The predicted molar refractivity (Wildman–Crippen MR) is 117 cm³/mol. The number of carboxylic acids is 1. The first kappa shape index (κ1) is 29.5. The molecule has 0 radical (unpaired) electrons. The van der Waals surface area contributed by atoms with Crippen molar-refractivity contribution in [3.63, 3.8) is 0 Å². The molecule has 0 aliphatic heterocycles. The van der Waals surface area contributed by atoms with Crippen molar-refractivity contribution in [2.75, 3.05) is 13.2 Å². The SMILES string of the molecule is CC(C)C(NC(=O)C(CC(N)=O)NC(=O)C(N)CO)C(=O)NC(CCCN=C(N)N)C(=O)O. The molecule has 33 heavy (non-hydrogen) atoms. The van der Waals surface area contributed by atoms with E-state index in [2.05, 4.69) is 20.9 Å². The number of aliphatic carboxylic acids is 1. The third kappa shape index (κ3) is 11.6. The molecule has 4 atom stereocenters. The van der Waals surface area contributed by atoms with Crippen molar-refractivity contribution in [3.05, 3.63) is 0 Å². The van der Waals surface area contributed by atoms with Gasteiger partial charge in [-0.3, -0.25) is 24.2 Å². The Morgan fingerprint density at radius 2 is 1.48 bits per heavy atom. The molecule has 0 rings (SSSR count). The number of nitrogens with one attached hydrogen (secondary N) is 3. The Morgan fingerprint density at radius 1 is 0.909 bits per heavy atom. The van der Waals surface area contributed by atoms with Crippen LogP contribution in [0.4, 0.5) is 0 Å². The molecular weight excluding hydrogens is 440 g/mol. The number of carboxylic acid groups (broad SMARTS) is 1. The van der Waals surface area contributed by atoms with Gasteiger partial charge in [-0.1, -0.05) is 13.8 Å². The van der Waals surface area contributed by atoms with Gasteiger partial charge in [0.25, 0.3) is 0 Å². The van der Waals surface area contributed by atoms with Crippen LogP contribution in [0.2, 0.25) is 0 Å². The molecule has 0 aromatic heterocycles. The summed E-state index contributed by atoms with van der Waals surface area (Å²) in [4.78, 5) is 63.8. The van der Waals surface area contributed by atoms with Gasteiger partial charge in [-0.05, 0) is 18.8 Å². The van der Waals surface area contributed by atoms with E-state index in [1.807, 2.05) is 0 Å². The van der Waals surface area contributed by atoms with Gasteiger partial charge in [0.2, 0.25) is 23.6 Å². The summed E-state index contributed by atoms with van der Waals surface area (Å²) in [6.45, 7) is 2.66. The van der Waals surface area contributed by atoms with E-state index >= 15 is 0 Å². The van der Waals surface area contributed by atoms with Gasteiger partial charge in [-0.15, -0.1) is 0 Å². The summed E-state index contributed by atoms with van der Waals surface area (Å²) in [6.07, 6.45) is -0.299. The molecular formula is C18H34N8O7. The van der Waals surface area contributed by atoms with Gasteiger partial charge in [0.15, 0.2) is 5.96 Å². The summed E-state index contributed by atoms with van der Waals surface area (Å²) in [5, 5.41) is 25.3. The summed E-state index contributed by atoms with van der Waals surface area (Å²) in [6, 6.07) is -5.27. The highest BCUT2D eigenvalue weighted by Gasteiger charge is 2.32. The molecule has 0 bridgehead atoms. The van der Waals surface area contributed by atoms with Gasteiger partial charge in [-0.2, -0.15) is 0 Å². The van der Waals surface area contributed by atoms with E-state index < -0.39 is 72.7 Å². The fraction of sp³-hybridized carbons (Fsp3) is 0.667. The zero-order valence-corrected chi connectivity index (χ0v) is 18.6. The van der Waals surface area contributed by atoms with Crippen LogP contribution in [0.25, 0.3) is 0 Å². The average molecular weight is 475 g/mol. The van der Waals surface area contributed by atoms with Gasteiger partial charge >= 0.3 is 5.97 Å². The molecule has 0 saturated heterocycles. The number of aliphatic hydroxyl groups excluding tert-OH is 1. The largest absolute Gasteiger partial charge is 0.480 e. The highest BCUT2D eigenvalue weighted by Crippen LogP contribution is 2.06. The Hall–Kier alpha value is -3.46. The normalized spacial score (nSPS) is 14.3. The second-order valence-corrected chi connectivity index (χ2v) is 7.60. The van der Waals surface area contributed by atoms with E-state index in [0.29, 0.717) is 0 Å². The maximum Gasteiger partial charge on any atom is 0.326 e. The lowest BCUT2D eigenvalue weighted by atomic mass is 10.0. The highest BCUT2D eigenvalue weighted by atomic mass is 16.4. The molecule has 0 spiro atoms. The van der Waals surface area contributed by atoms with Crippen LogP contribution < -0.4 is 38.9 Å². The van der Waals surface area contributed by atoms with Crippen LogP contribution in [0.3, 0.4) is 0 Å². The van der Waals surface area contributed by atoms with E-state index in [1.165, 1.54) is 0 Å². The number of hydrogen-bond acceptors (Lipinski definition) is 8. The molecule has 0 saturated carbocycles. The second-order valence-electron chi connectivity index (χ2n) is 7.60. The first-order valence-electron chi connectivity index (χ1n) is 10.1. The van der Waals surface area contributed by atoms with Gasteiger partial charge < -0.3 is 49.1 Å². The number of aliphatic hydroxyl groups is 1. The summed E-state index contributed by atoms with van der Waals surface area (Å²) >= 11 is 0. The lowest BCUT2D eigenvalue weighted by Gasteiger charge is -2.26. The maximum absolute atomic E-state index is 12.7. The Morgan fingerprint density at radius 3 is 1.94 bits per heavy atom. The standard InChI is InChI=1S/C18H34N8O7/c1-8(2)13(16(31)24-10(17(32)33)4-3-5-23-18(21)22)26-15(30)11(6-12(20)28)25-14(29)9(19)7-27/h8-11,13,27H,3-7,19H2,1-2H3,(H2,20,28)(H,24,31)(H,25,29)(H,26,30)(H,32,33)(H4,21,22,23). The average Bonchev–Trinajstić information content (AvgIpc) is 2.71. The topological polar surface area (TPSA) is 278 Å². The molecule has 0 aromatic carbocycles. The Labute approximate surface area is 190 Å². The minimum atomic E-state index is -1.46. The minimum Gasteiger partial charge on any atom is -0.480 e. The highest BCUT2D eigenvalue weighted by molar-refractivity contribution is 5.96. The zero-order chi connectivity index (χ0) is 25.7. The number of amides is 4. The Balaban J connectivity index is 5.34. The smallest absolute Gasteiger partial charge is 0.326 e. The molecule has 4 unspecified atom stereocenters. The first-order chi connectivity index (χ1) is 15.3. The van der Waals surface area contributed by atoms with Crippen molar-refractivity contribution >= 4 is 35.6 Å². The second kappa shape index (κ2) is 14.6. The molecule has 4 amide bonds. The van der Waals surface area contributed by atoms with Crippen molar-refractivity contribution in [1.29, 1.82) is 0 Å². The molecule has 0 fully saturated rings. The van der Waals surface area contributed by atoms with Crippen molar-refractivity contribution in [2.24, 2.45) is 33.8 Å². The van der Waals surface area contributed by atoms with Gasteiger partial charge in [0.1, 0.15) is 24.2 Å². The monoisotopic (exact) mass is 474 g/mol. The number of hydrogen-bond donors (Lipinski definition) is 9. The lowest BCUT2D eigenvalue weighted by molar-refractivity contribution is -0.143. The molecule has 0 aliphatic rings. The van der Waals surface area contributed by atoms with E-state index in [1.54, 1.807) is 13.8 Å². The molecule has 13 N–H and O–H groups in total. The van der Waals surface area contributed by atoms with Crippen molar-refractivity contribution in [1.82, 2.24) is 16.0 Å². The minimum absolute atomic E-state index is 0.0238. The van der Waals surface area contributed by atoms with E-state index in [9.17, 15) is 29.1 Å². The Kier molecular flexibility index (Phi) is 13.0. The molecule has 15 heteroatoms. The maximum atomic E-state index is 12.7. The third-order valence-corrected chi connectivity index (χ3v) is 4.38. The van der Waals surface area contributed by atoms with Crippen LogP contribution in [-0.2, 0) is 24.0 Å². The predicted octanol–water partition coefficient (Wildman–Crippen LogP) is -4.57. The Bertz CT molecular complexity index is 739. The van der Waals surface area contributed by atoms with Crippen molar-refractivity contribution < 1.29 is 34.2 Å². The van der Waals surface area contributed by atoms with E-state index in [-0.39, 0.29) is 25.3 Å². The van der Waals surface area contributed by atoms with Crippen LogP contribution in [0.1, 0.15) is 33.1 Å². The fourth-order valence-corrected chi connectivity index (χ4v) is 2.58. The fourth-order valence-electron chi connectivity index (χ4n) is 2.58. The number of carbonyl (C=O) groups is 5. The number of nitrogens with two attached hydrogens (primary N) is 4. The van der Waals surface area contributed by atoms with Crippen LogP contribution in [0.15, 0.2) is 4.99 Å². The summed E-state index contributed by atoms with van der Waals surface area (Å²) in [5.41, 5.74) is 20.9. The van der Waals surface area contributed by atoms with Gasteiger partial charge in [0, 0.05) is 6.54 Å². The van der Waals surface area contributed by atoms with Gasteiger partial charge in [0.05, 0.1) is 13.0 Å². The molecule has 15 nitrogen and oxygen atoms in total. The lowest BCUT2D eigenvalue weighted by Crippen LogP contribution is -2.59. The molecule has 188 valence electrons. The third-order valence-electron chi connectivity index (χ3n) is 4.38. The number of carbonyl (C=O) groups excluding carboxylic acids is 4. The number of rotatable bonds is 15. The van der Waals surface area contributed by atoms with Gasteiger partial charge in [-0.25, -0.2) is 4.79 Å². The zero-order valence-electron chi connectivity index (χ0n) is 18.6. The number of primary amides is 1. The molecule has 0 heterocycles. The molecule has 0 aromatic rings. The first-order valence-corrected chi connectivity index (χ1v) is 10.1. The van der Waals surface area contributed by atoms with Crippen molar-refractivity contribution in [3.8, 4) is 0 Å². The number of nitrogens with zero attached hydrogens (tertiary/aromatic N) is 1. The number of guanidine groups is 1. The summed E-state index contributed by atoms with van der Waals surface area (Å²) in [7, 11) is 0. The van der Waals surface area contributed by atoms with E-state index in [0.717, 1.165) is 0 Å². The van der Waals surface area contributed by atoms with Crippen LogP contribution in [-0.4, -0.2) is 83.1 Å².